The van der Waals surface area contributed by atoms with Gasteiger partial charge in [-0.25, -0.2) is 0 Å². The summed E-state index contributed by atoms with van der Waals surface area (Å²) < 4.78 is 2.18. The molecule has 4 rings (SSSR count). The fourth-order valence-electron chi connectivity index (χ4n) is 3.54. The minimum Gasteiger partial charge on any atom is -0.341 e. The van der Waals surface area contributed by atoms with Gasteiger partial charge in [0.25, 0.3) is 5.69 Å². The van der Waals surface area contributed by atoms with Crippen molar-refractivity contribution in [1.82, 2.24) is 14.8 Å². The molecule has 2 aliphatic rings. The van der Waals surface area contributed by atoms with Crippen LogP contribution in [0.1, 0.15) is 43.7 Å². The predicted octanol–water partition coefficient (Wildman–Crippen LogP) is 3.55. The van der Waals surface area contributed by atoms with E-state index < -0.39 is 4.92 Å². The van der Waals surface area contributed by atoms with Gasteiger partial charge in [0.15, 0.2) is 5.16 Å². The van der Waals surface area contributed by atoms with Gasteiger partial charge in [0.2, 0.25) is 11.9 Å². The SMILES string of the molecule is Cc1ccc(NC(=O)CSc2nnc(N3CCCCC3)n2C2CC2)cc1[N+](=O)[O-]. The summed E-state index contributed by atoms with van der Waals surface area (Å²) in [6, 6.07) is 5.12. The Hall–Kier alpha value is -2.62. The number of aromatic nitrogens is 3. The van der Waals surface area contributed by atoms with Gasteiger partial charge in [-0.2, -0.15) is 0 Å². The molecule has 0 spiro atoms. The number of hydrogen-bond acceptors (Lipinski definition) is 7. The highest BCUT2D eigenvalue weighted by Gasteiger charge is 2.32. The Bertz CT molecular complexity index is 921. The highest BCUT2D eigenvalue weighted by molar-refractivity contribution is 7.99. The summed E-state index contributed by atoms with van der Waals surface area (Å²) in [4.78, 5) is 25.3. The molecule has 29 heavy (non-hydrogen) atoms. The molecule has 10 heteroatoms. The molecular formula is C19H24N6O3S. The summed E-state index contributed by atoms with van der Waals surface area (Å²) in [6.07, 6.45) is 5.83. The minimum atomic E-state index is -0.444. The van der Waals surface area contributed by atoms with E-state index in [0.717, 1.165) is 37.0 Å². The van der Waals surface area contributed by atoms with Crippen LogP contribution in [0.15, 0.2) is 23.4 Å². The Kier molecular flexibility index (Phi) is 5.70. The Morgan fingerprint density at radius 1 is 1.28 bits per heavy atom. The third kappa shape index (κ3) is 4.52. The maximum Gasteiger partial charge on any atom is 0.274 e. The lowest BCUT2D eigenvalue weighted by molar-refractivity contribution is -0.385. The molecule has 2 heterocycles. The second kappa shape index (κ2) is 8.40. The first-order valence-electron chi connectivity index (χ1n) is 9.90. The Morgan fingerprint density at radius 3 is 2.72 bits per heavy atom. The smallest absolute Gasteiger partial charge is 0.274 e. The molecule has 154 valence electrons. The van der Waals surface area contributed by atoms with Crippen molar-refractivity contribution in [2.45, 2.75) is 50.2 Å². The van der Waals surface area contributed by atoms with E-state index in [1.807, 2.05) is 0 Å². The zero-order valence-electron chi connectivity index (χ0n) is 16.3. The third-order valence-corrected chi connectivity index (χ3v) is 6.16. The van der Waals surface area contributed by atoms with Crippen LogP contribution in [0.25, 0.3) is 0 Å². The first-order valence-corrected chi connectivity index (χ1v) is 10.9. The van der Waals surface area contributed by atoms with Crippen molar-refractivity contribution in [2.24, 2.45) is 0 Å². The zero-order chi connectivity index (χ0) is 20.4. The maximum absolute atomic E-state index is 12.4. The normalized spacial score (nSPS) is 16.7. The number of nitrogens with zero attached hydrogens (tertiary/aromatic N) is 5. The number of nitro benzene ring substituents is 1. The molecule has 1 saturated carbocycles. The number of thioether (sulfide) groups is 1. The standard InChI is InChI=1S/C19H24N6O3S/c1-13-5-6-14(11-16(13)25(27)28)20-17(26)12-29-19-22-21-18(24(19)15-7-8-15)23-9-3-2-4-10-23/h5-6,11,15H,2-4,7-10,12H2,1H3,(H,20,26). The average molecular weight is 417 g/mol. The molecule has 0 atom stereocenters. The summed E-state index contributed by atoms with van der Waals surface area (Å²) in [6.45, 7) is 3.68. The van der Waals surface area contributed by atoms with Crippen LogP contribution in [0, 0.1) is 17.0 Å². The summed E-state index contributed by atoms with van der Waals surface area (Å²) in [5.41, 5.74) is 0.978. The molecule has 1 aromatic heterocycles. The van der Waals surface area contributed by atoms with Gasteiger partial charge in [-0.05, 0) is 45.1 Å². The third-order valence-electron chi connectivity index (χ3n) is 5.22. The number of hydrogen-bond donors (Lipinski definition) is 1. The molecular weight excluding hydrogens is 392 g/mol. The molecule has 1 amide bonds. The number of benzene rings is 1. The number of carbonyl (C=O) groups excluding carboxylic acids is 1. The Morgan fingerprint density at radius 2 is 2.03 bits per heavy atom. The molecule has 1 N–H and O–H groups in total. The number of carbonyl (C=O) groups is 1. The number of anilines is 2. The van der Waals surface area contributed by atoms with E-state index in [1.54, 1.807) is 19.1 Å². The molecule has 2 fully saturated rings. The monoisotopic (exact) mass is 416 g/mol. The zero-order valence-corrected chi connectivity index (χ0v) is 17.2. The van der Waals surface area contributed by atoms with Gasteiger partial charge in [0.05, 0.1) is 10.7 Å². The Labute approximate surface area is 173 Å². The highest BCUT2D eigenvalue weighted by Crippen LogP contribution is 2.41. The molecule has 9 nitrogen and oxygen atoms in total. The van der Waals surface area contributed by atoms with E-state index in [9.17, 15) is 14.9 Å². The fraction of sp³-hybridized carbons (Fsp3) is 0.526. The predicted molar refractivity (Wildman–Crippen MR) is 112 cm³/mol. The van der Waals surface area contributed by atoms with Crippen molar-refractivity contribution >= 4 is 35.0 Å². The van der Waals surface area contributed by atoms with Gasteiger partial charge in [-0.15, -0.1) is 10.2 Å². The molecule has 1 aromatic carbocycles. The lowest BCUT2D eigenvalue weighted by Gasteiger charge is -2.27. The molecule has 0 unspecified atom stereocenters. The van der Waals surface area contributed by atoms with Gasteiger partial charge in [0.1, 0.15) is 0 Å². The van der Waals surface area contributed by atoms with Gasteiger partial charge >= 0.3 is 0 Å². The van der Waals surface area contributed by atoms with Crippen LogP contribution in [0.5, 0.6) is 0 Å². The molecule has 0 bridgehead atoms. The van der Waals surface area contributed by atoms with Crippen molar-refractivity contribution in [3.63, 3.8) is 0 Å². The molecule has 1 saturated heterocycles. The number of aryl methyl sites for hydroxylation is 1. The quantitative estimate of drug-likeness (QED) is 0.418. The number of nitrogens with one attached hydrogen (secondary N) is 1. The van der Waals surface area contributed by atoms with Crippen molar-refractivity contribution in [2.75, 3.05) is 29.1 Å². The lowest BCUT2D eigenvalue weighted by Crippen LogP contribution is -2.32. The van der Waals surface area contributed by atoms with Crippen LogP contribution in [0.4, 0.5) is 17.3 Å². The second-order valence-corrected chi connectivity index (χ2v) is 8.47. The lowest BCUT2D eigenvalue weighted by atomic mass is 10.1. The van der Waals surface area contributed by atoms with Crippen LogP contribution in [0.2, 0.25) is 0 Å². The van der Waals surface area contributed by atoms with Crippen LogP contribution < -0.4 is 10.2 Å². The van der Waals surface area contributed by atoms with Crippen LogP contribution in [-0.4, -0.2) is 44.4 Å². The molecule has 1 aliphatic heterocycles. The van der Waals surface area contributed by atoms with Gasteiger partial charge in [-0.1, -0.05) is 17.8 Å². The first kappa shape index (κ1) is 19.7. The summed E-state index contributed by atoms with van der Waals surface area (Å²) in [5.74, 6) is 0.870. The molecule has 1 aliphatic carbocycles. The second-order valence-electron chi connectivity index (χ2n) is 7.53. The van der Waals surface area contributed by atoms with Crippen molar-refractivity contribution in [3.8, 4) is 0 Å². The summed E-state index contributed by atoms with van der Waals surface area (Å²) >= 11 is 1.36. The first-order chi connectivity index (χ1) is 14.0. The number of piperidine rings is 1. The highest BCUT2D eigenvalue weighted by atomic mass is 32.2. The number of amides is 1. The number of nitro groups is 1. The van der Waals surface area contributed by atoms with E-state index in [-0.39, 0.29) is 17.3 Å². The minimum absolute atomic E-state index is 0.00453. The largest absolute Gasteiger partial charge is 0.341 e. The van der Waals surface area contributed by atoms with E-state index in [1.165, 1.54) is 37.1 Å². The van der Waals surface area contributed by atoms with Crippen molar-refractivity contribution < 1.29 is 9.72 Å². The fourth-order valence-corrected chi connectivity index (χ4v) is 4.34. The van der Waals surface area contributed by atoms with E-state index >= 15 is 0 Å². The van der Waals surface area contributed by atoms with E-state index in [4.69, 9.17) is 0 Å². The number of rotatable bonds is 7. The van der Waals surface area contributed by atoms with Gasteiger partial charge < -0.3 is 10.2 Å². The van der Waals surface area contributed by atoms with Gasteiger partial charge in [-0.3, -0.25) is 19.5 Å². The Balaban J connectivity index is 1.41. The maximum atomic E-state index is 12.4. The van der Waals surface area contributed by atoms with Crippen LogP contribution >= 0.6 is 11.8 Å². The summed E-state index contributed by atoms with van der Waals surface area (Å²) in [5, 5.41) is 23.3. The van der Waals surface area contributed by atoms with Crippen molar-refractivity contribution in [3.05, 3.63) is 33.9 Å². The van der Waals surface area contributed by atoms with Gasteiger partial charge in [0, 0.05) is 36.4 Å². The van der Waals surface area contributed by atoms with E-state index in [0.29, 0.717) is 17.3 Å². The average Bonchev–Trinajstić information content (AvgIpc) is 3.47. The summed E-state index contributed by atoms with van der Waals surface area (Å²) in [7, 11) is 0. The molecule has 2 aromatic rings. The topological polar surface area (TPSA) is 106 Å². The van der Waals surface area contributed by atoms with E-state index in [2.05, 4.69) is 25.0 Å². The molecule has 0 radical (unpaired) electrons. The van der Waals surface area contributed by atoms with Crippen LogP contribution in [-0.2, 0) is 4.79 Å². The van der Waals surface area contributed by atoms with Crippen molar-refractivity contribution in [1.29, 1.82) is 0 Å². The van der Waals surface area contributed by atoms with Crippen LogP contribution in [0.3, 0.4) is 0 Å².